The van der Waals surface area contributed by atoms with E-state index in [2.05, 4.69) is 63.9 Å². The van der Waals surface area contributed by atoms with Gasteiger partial charge in [-0.2, -0.15) is 0 Å². The number of halogens is 1. The third-order valence-electron chi connectivity index (χ3n) is 3.32. The SMILES string of the molecule is CCCNC(Cc1nc2ccccc2s1)c1sccc1Br. The van der Waals surface area contributed by atoms with Gasteiger partial charge in [-0.05, 0) is 52.5 Å². The van der Waals surface area contributed by atoms with Crippen LogP contribution in [0.25, 0.3) is 10.2 Å². The first-order valence-electron chi connectivity index (χ1n) is 7.08. The van der Waals surface area contributed by atoms with Crippen molar-refractivity contribution in [2.45, 2.75) is 25.8 Å². The summed E-state index contributed by atoms with van der Waals surface area (Å²) in [5.41, 5.74) is 1.11. The molecule has 0 saturated heterocycles. The van der Waals surface area contributed by atoms with Crippen LogP contribution in [0.15, 0.2) is 40.2 Å². The highest BCUT2D eigenvalue weighted by Gasteiger charge is 2.18. The van der Waals surface area contributed by atoms with E-state index in [0.29, 0.717) is 6.04 Å². The molecule has 110 valence electrons. The molecule has 0 aliphatic carbocycles. The summed E-state index contributed by atoms with van der Waals surface area (Å²) in [4.78, 5) is 6.13. The van der Waals surface area contributed by atoms with Gasteiger partial charge >= 0.3 is 0 Å². The third-order valence-corrected chi connectivity index (χ3v) is 6.36. The van der Waals surface area contributed by atoms with Crippen molar-refractivity contribution in [2.75, 3.05) is 6.54 Å². The van der Waals surface area contributed by atoms with E-state index in [0.717, 1.165) is 24.9 Å². The van der Waals surface area contributed by atoms with Gasteiger partial charge in [-0.15, -0.1) is 22.7 Å². The summed E-state index contributed by atoms with van der Waals surface area (Å²) in [6, 6.07) is 10.8. The molecule has 21 heavy (non-hydrogen) atoms. The molecule has 3 aromatic rings. The number of nitrogens with zero attached hydrogens (tertiary/aromatic N) is 1. The predicted octanol–water partition coefficient (Wildman–Crippen LogP) is 5.40. The molecule has 3 rings (SSSR count). The van der Waals surface area contributed by atoms with E-state index in [9.17, 15) is 0 Å². The van der Waals surface area contributed by atoms with E-state index in [-0.39, 0.29) is 0 Å². The lowest BCUT2D eigenvalue weighted by Gasteiger charge is -2.16. The average molecular weight is 381 g/mol. The monoisotopic (exact) mass is 380 g/mol. The molecule has 1 atom stereocenters. The van der Waals surface area contributed by atoms with Crippen LogP contribution in [0.1, 0.15) is 29.3 Å². The molecule has 2 heterocycles. The molecular formula is C16H17BrN2S2. The average Bonchev–Trinajstić information content (AvgIpc) is 3.08. The van der Waals surface area contributed by atoms with Crippen molar-refractivity contribution in [3.05, 3.63) is 50.1 Å². The van der Waals surface area contributed by atoms with Crippen LogP contribution in [0, 0.1) is 0 Å². The quantitative estimate of drug-likeness (QED) is 0.618. The van der Waals surface area contributed by atoms with Crippen LogP contribution in [0.5, 0.6) is 0 Å². The smallest absolute Gasteiger partial charge is 0.0957 e. The Morgan fingerprint density at radius 3 is 2.86 bits per heavy atom. The van der Waals surface area contributed by atoms with Gasteiger partial charge in [-0.1, -0.05) is 19.1 Å². The first kappa shape index (κ1) is 15.2. The second-order valence-electron chi connectivity index (χ2n) is 4.92. The first-order chi connectivity index (χ1) is 10.3. The maximum atomic E-state index is 4.77. The fourth-order valence-electron chi connectivity index (χ4n) is 2.31. The van der Waals surface area contributed by atoms with Crippen LogP contribution < -0.4 is 5.32 Å². The van der Waals surface area contributed by atoms with E-state index >= 15 is 0 Å². The zero-order valence-corrected chi connectivity index (χ0v) is 15.0. The van der Waals surface area contributed by atoms with Crippen LogP contribution in [0.4, 0.5) is 0 Å². The predicted molar refractivity (Wildman–Crippen MR) is 96.4 cm³/mol. The normalized spacial score (nSPS) is 12.9. The Morgan fingerprint density at radius 1 is 1.29 bits per heavy atom. The van der Waals surface area contributed by atoms with Gasteiger partial charge < -0.3 is 5.32 Å². The van der Waals surface area contributed by atoms with E-state index in [4.69, 9.17) is 4.98 Å². The Kier molecular flexibility index (Phi) is 5.06. The lowest BCUT2D eigenvalue weighted by atomic mass is 10.1. The standard InChI is InChI=1S/C16H17BrN2S2/c1-2-8-18-13(16-11(17)7-9-20-16)10-15-19-12-5-3-4-6-14(12)21-15/h3-7,9,13,18H,2,8,10H2,1H3. The minimum atomic E-state index is 0.333. The summed E-state index contributed by atoms with van der Waals surface area (Å²) in [6.07, 6.45) is 2.08. The van der Waals surface area contributed by atoms with Crippen LogP contribution in [0.3, 0.4) is 0 Å². The summed E-state index contributed by atoms with van der Waals surface area (Å²) < 4.78 is 2.47. The van der Waals surface area contributed by atoms with Gasteiger partial charge in [0, 0.05) is 21.8 Å². The molecule has 0 fully saturated rings. The molecule has 5 heteroatoms. The van der Waals surface area contributed by atoms with Crippen molar-refractivity contribution in [3.63, 3.8) is 0 Å². The summed E-state index contributed by atoms with van der Waals surface area (Å²) >= 11 is 7.26. The van der Waals surface area contributed by atoms with E-state index in [1.165, 1.54) is 19.1 Å². The highest BCUT2D eigenvalue weighted by atomic mass is 79.9. The fraction of sp³-hybridized carbons (Fsp3) is 0.312. The number of para-hydroxylation sites is 1. The summed E-state index contributed by atoms with van der Waals surface area (Å²) in [7, 11) is 0. The summed E-state index contributed by atoms with van der Waals surface area (Å²) in [6.45, 7) is 3.23. The van der Waals surface area contributed by atoms with Crippen LogP contribution >= 0.6 is 38.6 Å². The number of hydrogen-bond donors (Lipinski definition) is 1. The summed E-state index contributed by atoms with van der Waals surface area (Å²) in [5, 5.41) is 6.99. The number of thiazole rings is 1. The maximum absolute atomic E-state index is 4.77. The number of fused-ring (bicyclic) bond motifs is 1. The Morgan fingerprint density at radius 2 is 2.14 bits per heavy atom. The van der Waals surface area contributed by atoms with Crippen molar-refractivity contribution in [1.82, 2.24) is 10.3 Å². The fourth-order valence-corrected chi connectivity index (χ4v) is 5.05. The topological polar surface area (TPSA) is 24.9 Å². The van der Waals surface area contributed by atoms with Crippen LogP contribution in [-0.2, 0) is 6.42 Å². The van der Waals surface area contributed by atoms with Gasteiger partial charge in [0.2, 0.25) is 0 Å². The maximum Gasteiger partial charge on any atom is 0.0957 e. The van der Waals surface area contributed by atoms with Crippen molar-refractivity contribution >= 4 is 48.8 Å². The molecule has 0 aliphatic heterocycles. The molecule has 2 nitrogen and oxygen atoms in total. The van der Waals surface area contributed by atoms with Gasteiger partial charge in [0.15, 0.2) is 0 Å². The van der Waals surface area contributed by atoms with Crippen molar-refractivity contribution in [2.24, 2.45) is 0 Å². The molecule has 0 radical (unpaired) electrons. The number of benzene rings is 1. The minimum absolute atomic E-state index is 0.333. The lowest BCUT2D eigenvalue weighted by Crippen LogP contribution is -2.23. The Hall–Kier alpha value is -0.750. The molecule has 0 bridgehead atoms. The second kappa shape index (κ2) is 7.01. The molecule has 0 aliphatic rings. The molecule has 1 aromatic carbocycles. The number of rotatable bonds is 6. The van der Waals surface area contributed by atoms with E-state index in [1.807, 2.05) is 0 Å². The molecule has 1 unspecified atom stereocenters. The van der Waals surface area contributed by atoms with Gasteiger partial charge in [-0.25, -0.2) is 4.98 Å². The van der Waals surface area contributed by atoms with Crippen molar-refractivity contribution < 1.29 is 0 Å². The van der Waals surface area contributed by atoms with Gasteiger partial charge in [0.05, 0.1) is 15.2 Å². The highest BCUT2D eigenvalue weighted by molar-refractivity contribution is 9.10. The van der Waals surface area contributed by atoms with Gasteiger partial charge in [0.25, 0.3) is 0 Å². The number of nitrogens with one attached hydrogen (secondary N) is 1. The molecule has 0 amide bonds. The van der Waals surface area contributed by atoms with Crippen molar-refractivity contribution in [3.8, 4) is 0 Å². The van der Waals surface area contributed by atoms with E-state index in [1.54, 1.807) is 22.7 Å². The molecule has 0 saturated carbocycles. The number of thiophene rings is 1. The zero-order chi connectivity index (χ0) is 14.7. The minimum Gasteiger partial charge on any atom is -0.309 e. The zero-order valence-electron chi connectivity index (χ0n) is 11.8. The van der Waals surface area contributed by atoms with E-state index < -0.39 is 0 Å². The number of hydrogen-bond acceptors (Lipinski definition) is 4. The first-order valence-corrected chi connectivity index (χ1v) is 9.57. The molecular weight excluding hydrogens is 364 g/mol. The Labute approximate surface area is 141 Å². The lowest BCUT2D eigenvalue weighted by molar-refractivity contribution is 0.534. The highest BCUT2D eigenvalue weighted by Crippen LogP contribution is 2.33. The molecule has 2 aromatic heterocycles. The Balaban J connectivity index is 1.85. The largest absolute Gasteiger partial charge is 0.309 e. The van der Waals surface area contributed by atoms with Crippen LogP contribution in [-0.4, -0.2) is 11.5 Å². The second-order valence-corrected chi connectivity index (χ2v) is 7.84. The van der Waals surface area contributed by atoms with Gasteiger partial charge in [-0.3, -0.25) is 0 Å². The molecule has 0 spiro atoms. The van der Waals surface area contributed by atoms with Crippen molar-refractivity contribution in [1.29, 1.82) is 0 Å². The van der Waals surface area contributed by atoms with Gasteiger partial charge in [0.1, 0.15) is 0 Å². The third kappa shape index (κ3) is 3.54. The number of aromatic nitrogens is 1. The summed E-state index contributed by atoms with van der Waals surface area (Å²) in [5.74, 6) is 0. The van der Waals surface area contributed by atoms with Crippen LogP contribution in [0.2, 0.25) is 0 Å². The Bertz CT molecular complexity index is 687. The molecule has 1 N–H and O–H groups in total.